The normalized spacial score (nSPS) is 12.7. The van der Waals surface area contributed by atoms with Gasteiger partial charge in [0.15, 0.2) is 11.5 Å². The Hall–Kier alpha value is -5.32. The molecule has 1 unspecified atom stereocenters. The van der Waals surface area contributed by atoms with Crippen molar-refractivity contribution in [2.75, 3.05) is 17.4 Å². The number of hydrogen-bond acceptors (Lipinski definition) is 7. The second-order valence-electron chi connectivity index (χ2n) is 9.84. The molecular formula is C35H27N3O5S2. The Morgan fingerprint density at radius 2 is 1.51 bits per heavy atom. The number of benzene rings is 4. The van der Waals surface area contributed by atoms with E-state index < -0.39 is 17.1 Å². The van der Waals surface area contributed by atoms with Crippen LogP contribution in [0, 0.1) is 0 Å². The molecule has 1 aliphatic heterocycles. The molecule has 1 atom stereocenters. The number of carbonyl (C=O) groups is 3. The first-order valence-electron chi connectivity index (χ1n) is 14.0. The first kappa shape index (κ1) is 29.7. The SMILES string of the molecule is O=C(Nc1cccc(SC(C(=O)Nc2ccc3c(c2)OCO3)c2ccccc2)c1)/C(=C/c1cccs1)NC(=O)c1ccccc1. The van der Waals surface area contributed by atoms with Crippen molar-refractivity contribution in [2.45, 2.75) is 10.1 Å². The van der Waals surface area contributed by atoms with Crippen LogP contribution in [0.5, 0.6) is 11.5 Å². The maximum Gasteiger partial charge on any atom is 0.272 e. The van der Waals surface area contributed by atoms with E-state index in [9.17, 15) is 14.4 Å². The minimum absolute atomic E-state index is 0.106. The fourth-order valence-electron chi connectivity index (χ4n) is 4.52. The number of carbonyl (C=O) groups excluding carboxylic acids is 3. The summed E-state index contributed by atoms with van der Waals surface area (Å²) < 4.78 is 10.8. The van der Waals surface area contributed by atoms with Gasteiger partial charge < -0.3 is 25.4 Å². The second-order valence-corrected chi connectivity index (χ2v) is 12.0. The maximum absolute atomic E-state index is 13.6. The Kier molecular flexibility index (Phi) is 9.24. The van der Waals surface area contributed by atoms with E-state index in [4.69, 9.17) is 9.47 Å². The van der Waals surface area contributed by atoms with E-state index in [1.807, 2.05) is 60.0 Å². The largest absolute Gasteiger partial charge is 0.454 e. The maximum atomic E-state index is 13.6. The second kappa shape index (κ2) is 14.0. The summed E-state index contributed by atoms with van der Waals surface area (Å²) in [6.45, 7) is 0.146. The summed E-state index contributed by atoms with van der Waals surface area (Å²) in [6, 6.07) is 34.4. The Balaban J connectivity index is 1.20. The molecule has 0 saturated carbocycles. The molecule has 5 aromatic rings. The lowest BCUT2D eigenvalue weighted by Gasteiger charge is -2.18. The Labute approximate surface area is 268 Å². The Morgan fingerprint density at radius 3 is 2.29 bits per heavy atom. The van der Waals surface area contributed by atoms with Gasteiger partial charge in [0.2, 0.25) is 12.7 Å². The van der Waals surface area contributed by atoms with Crippen molar-refractivity contribution in [3.8, 4) is 11.5 Å². The molecule has 0 bridgehead atoms. The minimum atomic E-state index is -0.595. The highest BCUT2D eigenvalue weighted by atomic mass is 32.2. The first-order chi connectivity index (χ1) is 22.0. The third-order valence-corrected chi connectivity index (χ3v) is 8.75. The number of nitrogens with one attached hydrogen (secondary N) is 3. The van der Waals surface area contributed by atoms with Crippen LogP contribution in [0.1, 0.15) is 26.0 Å². The number of amides is 3. The van der Waals surface area contributed by atoms with Crippen LogP contribution in [-0.4, -0.2) is 24.5 Å². The van der Waals surface area contributed by atoms with Crippen molar-refractivity contribution >= 4 is 58.3 Å². The molecule has 0 spiro atoms. The molecule has 3 amide bonds. The molecule has 6 rings (SSSR count). The van der Waals surface area contributed by atoms with Gasteiger partial charge in [0.1, 0.15) is 10.9 Å². The van der Waals surface area contributed by atoms with Crippen LogP contribution in [0.4, 0.5) is 11.4 Å². The molecule has 0 saturated heterocycles. The summed E-state index contributed by atoms with van der Waals surface area (Å²) in [4.78, 5) is 41.6. The van der Waals surface area contributed by atoms with E-state index >= 15 is 0 Å². The van der Waals surface area contributed by atoms with Crippen LogP contribution in [0.15, 0.2) is 131 Å². The summed E-state index contributed by atoms with van der Waals surface area (Å²) in [5.74, 6) is 0.123. The highest BCUT2D eigenvalue weighted by Crippen LogP contribution is 2.39. The first-order valence-corrected chi connectivity index (χ1v) is 15.7. The predicted octanol–water partition coefficient (Wildman–Crippen LogP) is 7.36. The molecule has 45 heavy (non-hydrogen) atoms. The molecule has 1 aliphatic rings. The van der Waals surface area contributed by atoms with E-state index in [0.717, 1.165) is 15.3 Å². The number of fused-ring (bicyclic) bond motifs is 1. The third kappa shape index (κ3) is 7.61. The van der Waals surface area contributed by atoms with Gasteiger partial charge in [-0.1, -0.05) is 60.7 Å². The van der Waals surface area contributed by atoms with Gasteiger partial charge in [0.05, 0.1) is 0 Å². The lowest BCUT2D eigenvalue weighted by molar-refractivity contribution is -0.116. The number of thiophene rings is 1. The Bertz CT molecular complexity index is 1840. The predicted molar refractivity (Wildman–Crippen MR) is 178 cm³/mol. The molecule has 0 fully saturated rings. The van der Waals surface area contributed by atoms with Gasteiger partial charge in [0.25, 0.3) is 11.8 Å². The van der Waals surface area contributed by atoms with Crippen LogP contribution in [0.25, 0.3) is 6.08 Å². The molecule has 4 aromatic carbocycles. The molecule has 10 heteroatoms. The summed E-state index contributed by atoms with van der Waals surface area (Å²) in [6.07, 6.45) is 1.64. The fraction of sp³-hybridized carbons (Fsp3) is 0.0571. The average Bonchev–Trinajstić information content (AvgIpc) is 3.76. The van der Waals surface area contributed by atoms with E-state index in [2.05, 4.69) is 16.0 Å². The highest BCUT2D eigenvalue weighted by molar-refractivity contribution is 8.00. The van der Waals surface area contributed by atoms with Gasteiger partial charge in [-0.05, 0) is 65.6 Å². The quantitative estimate of drug-likeness (QED) is 0.110. The molecule has 0 aliphatic carbocycles. The van der Waals surface area contributed by atoms with Crippen LogP contribution in [-0.2, 0) is 9.59 Å². The highest BCUT2D eigenvalue weighted by Gasteiger charge is 2.24. The number of rotatable bonds is 10. The number of anilines is 2. The van der Waals surface area contributed by atoms with E-state index in [-0.39, 0.29) is 18.4 Å². The van der Waals surface area contributed by atoms with Gasteiger partial charge >= 0.3 is 0 Å². The van der Waals surface area contributed by atoms with Crippen LogP contribution in [0.3, 0.4) is 0 Å². The van der Waals surface area contributed by atoms with Crippen molar-refractivity contribution in [3.05, 3.63) is 142 Å². The number of ether oxygens (including phenoxy) is 2. The molecule has 0 radical (unpaired) electrons. The molecule has 1 aromatic heterocycles. The monoisotopic (exact) mass is 633 g/mol. The molecule has 8 nitrogen and oxygen atoms in total. The summed E-state index contributed by atoms with van der Waals surface area (Å²) in [5.41, 5.74) is 2.47. The standard InChI is InChI=1S/C35H27N3O5S2/c39-33(24-11-5-2-6-12-24)38-29(21-27-15-8-18-44-27)34(40)36-25-13-7-14-28(19-25)45-32(23-9-3-1-4-10-23)35(41)37-26-16-17-30-31(20-26)43-22-42-30/h1-21,32H,22H2,(H,36,40)(H,37,41)(H,38,39)/b29-21-. The topological polar surface area (TPSA) is 106 Å². The average molecular weight is 634 g/mol. The van der Waals surface area contributed by atoms with E-state index in [1.165, 1.54) is 23.1 Å². The van der Waals surface area contributed by atoms with E-state index in [1.54, 1.807) is 66.7 Å². The van der Waals surface area contributed by atoms with Crippen molar-refractivity contribution in [2.24, 2.45) is 0 Å². The summed E-state index contributed by atoms with van der Waals surface area (Å²) in [5, 5.41) is 9.95. The minimum Gasteiger partial charge on any atom is -0.454 e. The molecular weight excluding hydrogens is 607 g/mol. The van der Waals surface area contributed by atoms with Crippen molar-refractivity contribution < 1.29 is 23.9 Å². The fourth-order valence-corrected chi connectivity index (χ4v) is 6.26. The van der Waals surface area contributed by atoms with Crippen molar-refractivity contribution in [1.29, 1.82) is 0 Å². The van der Waals surface area contributed by atoms with Gasteiger partial charge in [0, 0.05) is 32.8 Å². The zero-order valence-corrected chi connectivity index (χ0v) is 25.4. The summed E-state index contributed by atoms with van der Waals surface area (Å²) in [7, 11) is 0. The molecule has 2 heterocycles. The van der Waals surface area contributed by atoms with Crippen LogP contribution >= 0.6 is 23.1 Å². The number of thioether (sulfide) groups is 1. The number of hydrogen-bond donors (Lipinski definition) is 3. The zero-order chi connectivity index (χ0) is 31.0. The van der Waals surface area contributed by atoms with Crippen molar-refractivity contribution in [3.63, 3.8) is 0 Å². The van der Waals surface area contributed by atoms with Gasteiger partial charge in [-0.3, -0.25) is 14.4 Å². The molecule has 224 valence electrons. The van der Waals surface area contributed by atoms with Gasteiger partial charge in [-0.15, -0.1) is 23.1 Å². The molecule has 3 N–H and O–H groups in total. The lowest BCUT2D eigenvalue weighted by Crippen LogP contribution is -2.30. The lowest BCUT2D eigenvalue weighted by atomic mass is 10.1. The zero-order valence-electron chi connectivity index (χ0n) is 23.8. The van der Waals surface area contributed by atoms with Crippen LogP contribution < -0.4 is 25.4 Å². The van der Waals surface area contributed by atoms with Crippen molar-refractivity contribution in [1.82, 2.24) is 5.32 Å². The summed E-state index contributed by atoms with van der Waals surface area (Å²) >= 11 is 2.81. The third-order valence-electron chi connectivity index (χ3n) is 6.68. The Morgan fingerprint density at radius 1 is 0.756 bits per heavy atom. The van der Waals surface area contributed by atoms with Gasteiger partial charge in [-0.25, -0.2) is 0 Å². The van der Waals surface area contributed by atoms with E-state index in [0.29, 0.717) is 28.4 Å². The van der Waals surface area contributed by atoms with Gasteiger partial charge in [-0.2, -0.15) is 0 Å². The smallest absolute Gasteiger partial charge is 0.272 e. The van der Waals surface area contributed by atoms with Crippen LogP contribution in [0.2, 0.25) is 0 Å².